The zero-order valence-corrected chi connectivity index (χ0v) is 18.0. The molecular weight excluding hydrogens is 416 g/mol. The Bertz CT molecular complexity index is 1160. The van der Waals surface area contributed by atoms with Crippen LogP contribution in [0.4, 0.5) is 0 Å². The largest absolute Gasteiger partial charge is 0.497 e. The molecule has 0 spiro atoms. The monoisotopic (exact) mass is 440 g/mol. The molecule has 162 valence electrons. The summed E-state index contributed by atoms with van der Waals surface area (Å²) >= 11 is 0. The average molecular weight is 441 g/mol. The number of sulfone groups is 1. The summed E-state index contributed by atoms with van der Waals surface area (Å²) in [7, 11) is -1.50. The number of methoxy groups -OCH3 is 1. The van der Waals surface area contributed by atoms with Gasteiger partial charge in [0.15, 0.2) is 15.5 Å². The van der Waals surface area contributed by atoms with Crippen LogP contribution in [0, 0.1) is 0 Å². The molecule has 3 heterocycles. The van der Waals surface area contributed by atoms with E-state index in [1.165, 1.54) is 0 Å². The molecule has 0 saturated carbocycles. The van der Waals surface area contributed by atoms with E-state index in [0.717, 1.165) is 11.3 Å². The second-order valence-corrected chi connectivity index (χ2v) is 9.70. The Hall–Kier alpha value is -3.20. The fourth-order valence-corrected chi connectivity index (χ4v) is 5.36. The van der Waals surface area contributed by atoms with Gasteiger partial charge in [-0.3, -0.25) is 14.5 Å². The Morgan fingerprint density at radius 1 is 1.23 bits per heavy atom. The van der Waals surface area contributed by atoms with Crippen molar-refractivity contribution in [3.8, 4) is 17.0 Å². The van der Waals surface area contributed by atoms with Crippen molar-refractivity contribution < 1.29 is 17.9 Å². The summed E-state index contributed by atoms with van der Waals surface area (Å²) in [6, 6.07) is 14.5. The molecule has 1 aliphatic rings. The molecule has 1 aromatic carbocycles. The summed E-state index contributed by atoms with van der Waals surface area (Å²) < 4.78 is 30.9. The molecule has 0 aliphatic carbocycles. The maximum absolute atomic E-state index is 12.7. The lowest BCUT2D eigenvalue weighted by Gasteiger charge is -2.13. The zero-order valence-electron chi connectivity index (χ0n) is 17.2. The number of hydrogen-bond donors (Lipinski definition) is 1. The van der Waals surface area contributed by atoms with Crippen molar-refractivity contribution in [1.82, 2.24) is 20.1 Å². The van der Waals surface area contributed by atoms with Gasteiger partial charge in [-0.25, -0.2) is 8.42 Å². The lowest BCUT2D eigenvalue weighted by Crippen LogP contribution is -2.26. The van der Waals surface area contributed by atoms with Gasteiger partial charge in [-0.2, -0.15) is 5.10 Å². The summed E-state index contributed by atoms with van der Waals surface area (Å²) in [6.07, 6.45) is 2.81. The number of nitrogens with one attached hydrogen (secondary N) is 1. The lowest BCUT2D eigenvalue weighted by molar-refractivity contribution is 0.0948. The van der Waals surface area contributed by atoms with Crippen molar-refractivity contribution in [2.45, 2.75) is 18.9 Å². The third-order valence-electron chi connectivity index (χ3n) is 5.30. The average Bonchev–Trinajstić information content (AvgIpc) is 3.38. The predicted molar refractivity (Wildman–Crippen MR) is 117 cm³/mol. The minimum Gasteiger partial charge on any atom is -0.497 e. The van der Waals surface area contributed by atoms with Crippen LogP contribution < -0.4 is 10.1 Å². The Balaban J connectivity index is 1.57. The Morgan fingerprint density at radius 2 is 2.03 bits per heavy atom. The molecule has 0 bridgehead atoms. The van der Waals surface area contributed by atoms with Gasteiger partial charge in [-0.05, 0) is 48.9 Å². The molecule has 1 N–H and O–H groups in total. The van der Waals surface area contributed by atoms with Crippen LogP contribution in [0.25, 0.3) is 11.3 Å². The third-order valence-corrected chi connectivity index (χ3v) is 7.05. The number of nitrogens with zero attached hydrogens (tertiary/aromatic N) is 3. The molecule has 3 aromatic rings. The highest BCUT2D eigenvalue weighted by Crippen LogP contribution is 2.31. The molecule has 4 rings (SSSR count). The van der Waals surface area contributed by atoms with Gasteiger partial charge in [-0.15, -0.1) is 0 Å². The second kappa shape index (κ2) is 8.89. The number of rotatable bonds is 7. The van der Waals surface area contributed by atoms with Crippen LogP contribution in [0.3, 0.4) is 0 Å². The highest BCUT2D eigenvalue weighted by Gasteiger charge is 2.32. The van der Waals surface area contributed by atoms with Gasteiger partial charge >= 0.3 is 0 Å². The van der Waals surface area contributed by atoms with Crippen LogP contribution in [0.2, 0.25) is 0 Å². The van der Waals surface area contributed by atoms with Crippen LogP contribution in [-0.4, -0.2) is 54.2 Å². The summed E-state index contributed by atoms with van der Waals surface area (Å²) in [4.78, 5) is 17.0. The number of pyridine rings is 1. The molecule has 1 saturated heterocycles. The molecule has 8 nitrogen and oxygen atoms in total. The molecule has 2 aromatic heterocycles. The fourth-order valence-electron chi connectivity index (χ4n) is 3.67. The normalized spacial score (nSPS) is 17.4. The first-order valence-corrected chi connectivity index (χ1v) is 11.9. The number of aromatic nitrogens is 3. The molecule has 1 amide bonds. The minimum atomic E-state index is -3.10. The van der Waals surface area contributed by atoms with Crippen LogP contribution in [-0.2, 0) is 16.3 Å². The fraction of sp³-hybridized carbons (Fsp3) is 0.318. The number of ether oxygens (including phenoxy) is 1. The van der Waals surface area contributed by atoms with Gasteiger partial charge in [0.1, 0.15) is 5.75 Å². The molecule has 0 radical (unpaired) electrons. The highest BCUT2D eigenvalue weighted by atomic mass is 32.2. The number of carbonyl (C=O) groups is 1. The van der Waals surface area contributed by atoms with Gasteiger partial charge in [0.25, 0.3) is 5.91 Å². The number of carbonyl (C=O) groups excluding carboxylic acids is 1. The second-order valence-electron chi connectivity index (χ2n) is 7.47. The van der Waals surface area contributed by atoms with Crippen molar-refractivity contribution in [1.29, 1.82) is 0 Å². The Morgan fingerprint density at radius 3 is 2.68 bits per heavy atom. The first-order valence-electron chi connectivity index (χ1n) is 10.1. The predicted octanol–water partition coefficient (Wildman–Crippen LogP) is 2.29. The van der Waals surface area contributed by atoms with E-state index in [2.05, 4.69) is 15.4 Å². The van der Waals surface area contributed by atoms with Gasteiger partial charge < -0.3 is 10.1 Å². The summed E-state index contributed by atoms with van der Waals surface area (Å²) in [5.74, 6) is 0.570. The van der Waals surface area contributed by atoms with E-state index >= 15 is 0 Å². The maximum atomic E-state index is 12.7. The van der Waals surface area contributed by atoms with Gasteiger partial charge in [0, 0.05) is 30.4 Å². The van der Waals surface area contributed by atoms with Crippen molar-refractivity contribution in [3.05, 3.63) is 66.1 Å². The first-order chi connectivity index (χ1) is 14.9. The molecule has 1 atom stereocenters. The molecule has 9 heteroatoms. The van der Waals surface area contributed by atoms with Crippen LogP contribution >= 0.6 is 0 Å². The number of amides is 1. The van der Waals surface area contributed by atoms with E-state index in [1.807, 2.05) is 42.5 Å². The van der Waals surface area contributed by atoms with E-state index < -0.39 is 9.84 Å². The first kappa shape index (κ1) is 21.0. The van der Waals surface area contributed by atoms with Crippen molar-refractivity contribution in [3.63, 3.8) is 0 Å². The molecule has 1 fully saturated rings. The van der Waals surface area contributed by atoms with E-state index in [-0.39, 0.29) is 29.1 Å². The van der Waals surface area contributed by atoms with Gasteiger partial charge in [0.2, 0.25) is 0 Å². The highest BCUT2D eigenvalue weighted by molar-refractivity contribution is 7.91. The van der Waals surface area contributed by atoms with Gasteiger partial charge in [-0.1, -0.05) is 6.07 Å². The van der Waals surface area contributed by atoms with E-state index in [0.29, 0.717) is 30.8 Å². The number of benzene rings is 1. The summed E-state index contributed by atoms with van der Waals surface area (Å²) in [6.45, 7) is 0.429. The molecular formula is C22H24N4O4S. The van der Waals surface area contributed by atoms with Crippen molar-refractivity contribution in [2.24, 2.45) is 0 Å². The topological polar surface area (TPSA) is 103 Å². The lowest BCUT2D eigenvalue weighted by atomic mass is 10.1. The number of hydrogen-bond acceptors (Lipinski definition) is 6. The Labute approximate surface area is 181 Å². The van der Waals surface area contributed by atoms with Gasteiger partial charge in [0.05, 0.1) is 30.4 Å². The van der Waals surface area contributed by atoms with E-state index in [9.17, 15) is 13.2 Å². The quantitative estimate of drug-likeness (QED) is 0.605. The SMILES string of the molecule is COc1ccc(-c2cc(C(=O)NCCc3ccccn3)nn2[C@@H]2CCS(=O)(=O)C2)cc1. The molecule has 31 heavy (non-hydrogen) atoms. The van der Waals surface area contributed by atoms with Crippen LogP contribution in [0.5, 0.6) is 5.75 Å². The third kappa shape index (κ3) is 4.93. The van der Waals surface area contributed by atoms with Crippen LogP contribution in [0.1, 0.15) is 28.6 Å². The maximum Gasteiger partial charge on any atom is 0.271 e. The van der Waals surface area contributed by atoms with Crippen LogP contribution in [0.15, 0.2) is 54.7 Å². The smallest absolute Gasteiger partial charge is 0.271 e. The molecule has 0 unspecified atom stereocenters. The standard InChI is InChI=1S/C22H24N4O4S/c1-30-19-7-5-16(6-8-19)21-14-20(25-26(21)18-10-13-31(28,29)15-18)22(27)24-12-9-17-4-2-3-11-23-17/h2-8,11,14,18H,9-10,12-13,15H2,1H3,(H,24,27)/t18-/m1/s1. The van der Waals surface area contributed by atoms with Crippen molar-refractivity contribution >= 4 is 15.7 Å². The van der Waals surface area contributed by atoms with E-state index in [1.54, 1.807) is 24.1 Å². The zero-order chi connectivity index (χ0) is 21.8. The minimum absolute atomic E-state index is 0.0264. The molecule has 1 aliphatic heterocycles. The summed E-state index contributed by atoms with van der Waals surface area (Å²) in [5.41, 5.74) is 2.70. The summed E-state index contributed by atoms with van der Waals surface area (Å²) in [5, 5.41) is 7.37. The van der Waals surface area contributed by atoms with E-state index in [4.69, 9.17) is 4.74 Å². The van der Waals surface area contributed by atoms with Crippen molar-refractivity contribution in [2.75, 3.05) is 25.2 Å². The Kier molecular flexibility index (Phi) is 6.03.